The van der Waals surface area contributed by atoms with Gasteiger partial charge in [0.1, 0.15) is 5.76 Å². The Hall–Kier alpha value is -2.07. The van der Waals surface area contributed by atoms with Gasteiger partial charge in [-0.2, -0.15) is 0 Å². The molecule has 1 fully saturated rings. The average Bonchev–Trinajstić information content (AvgIpc) is 3.10. The number of para-hydroxylation sites is 1. The van der Waals surface area contributed by atoms with E-state index < -0.39 is 0 Å². The zero-order valence-corrected chi connectivity index (χ0v) is 11.8. The number of carbonyl (C=O) groups excluding carboxylic acids is 1. The highest BCUT2D eigenvalue weighted by Gasteiger charge is 2.48. The molecular formula is C17H18N2O2. The lowest BCUT2D eigenvalue weighted by Gasteiger charge is -2.37. The van der Waals surface area contributed by atoms with Crippen LogP contribution in [-0.4, -0.2) is 23.9 Å². The third kappa shape index (κ3) is 1.98. The minimum absolute atomic E-state index is 0.168. The van der Waals surface area contributed by atoms with Crippen LogP contribution < -0.4 is 5.32 Å². The fraction of sp³-hybridized carbons (Fsp3) is 0.353. The fourth-order valence-electron chi connectivity index (χ4n) is 3.59. The van der Waals surface area contributed by atoms with Crippen molar-refractivity contribution in [2.24, 2.45) is 0 Å². The number of hydrogen-bond donors (Lipinski definition) is 1. The van der Waals surface area contributed by atoms with Gasteiger partial charge in [-0.25, -0.2) is 0 Å². The van der Waals surface area contributed by atoms with Crippen LogP contribution in [0.4, 0.5) is 5.69 Å². The molecule has 2 aliphatic rings. The number of likely N-dealkylation sites (tertiary alicyclic amines) is 1. The van der Waals surface area contributed by atoms with Crippen LogP contribution in [0.15, 0.2) is 47.1 Å². The second-order valence-electron chi connectivity index (χ2n) is 5.94. The first-order chi connectivity index (χ1) is 10.3. The number of fused-ring (bicyclic) bond motifs is 2. The first-order valence-electron chi connectivity index (χ1n) is 7.44. The highest BCUT2D eigenvalue weighted by molar-refractivity contribution is 6.06. The summed E-state index contributed by atoms with van der Waals surface area (Å²) in [6.07, 6.45) is 3.45. The van der Waals surface area contributed by atoms with E-state index in [0.29, 0.717) is 0 Å². The van der Waals surface area contributed by atoms with Crippen LogP contribution in [0, 0.1) is 0 Å². The van der Waals surface area contributed by atoms with E-state index in [0.717, 1.165) is 43.9 Å². The Morgan fingerprint density at radius 3 is 2.71 bits per heavy atom. The maximum atomic E-state index is 12.5. The molecule has 1 aromatic heterocycles. The van der Waals surface area contributed by atoms with Gasteiger partial charge in [-0.3, -0.25) is 9.69 Å². The summed E-state index contributed by atoms with van der Waals surface area (Å²) in [5, 5.41) is 3.04. The Kier molecular flexibility index (Phi) is 2.86. The maximum Gasteiger partial charge on any atom is 0.235 e. The van der Waals surface area contributed by atoms with E-state index >= 15 is 0 Å². The van der Waals surface area contributed by atoms with Crippen LogP contribution in [0.5, 0.6) is 0 Å². The van der Waals surface area contributed by atoms with E-state index in [9.17, 15) is 4.79 Å². The normalized spacial score (nSPS) is 20.5. The van der Waals surface area contributed by atoms with E-state index in [1.54, 1.807) is 6.26 Å². The zero-order valence-electron chi connectivity index (χ0n) is 11.8. The van der Waals surface area contributed by atoms with E-state index in [1.807, 2.05) is 30.3 Å². The maximum absolute atomic E-state index is 12.5. The molecule has 4 heteroatoms. The second-order valence-corrected chi connectivity index (χ2v) is 5.94. The highest BCUT2D eigenvalue weighted by atomic mass is 16.3. The van der Waals surface area contributed by atoms with E-state index in [4.69, 9.17) is 4.42 Å². The van der Waals surface area contributed by atoms with Crippen LogP contribution in [0.1, 0.15) is 24.2 Å². The Labute approximate surface area is 123 Å². The second kappa shape index (κ2) is 4.74. The van der Waals surface area contributed by atoms with Gasteiger partial charge < -0.3 is 9.73 Å². The van der Waals surface area contributed by atoms with Gasteiger partial charge in [-0.15, -0.1) is 0 Å². The third-order valence-corrected chi connectivity index (χ3v) is 4.79. The van der Waals surface area contributed by atoms with Gasteiger partial charge in [-0.05, 0) is 49.7 Å². The van der Waals surface area contributed by atoms with Crippen LogP contribution in [0.2, 0.25) is 0 Å². The lowest BCUT2D eigenvalue weighted by Crippen LogP contribution is -2.46. The predicted octanol–water partition coefficient (Wildman–Crippen LogP) is 2.77. The third-order valence-electron chi connectivity index (χ3n) is 4.79. The summed E-state index contributed by atoms with van der Waals surface area (Å²) in [4.78, 5) is 14.8. The molecule has 1 saturated heterocycles. The Morgan fingerprint density at radius 1 is 1.14 bits per heavy atom. The SMILES string of the molecule is O=C1Nc2ccccc2C12CCN(Cc1ccco1)CC2. The molecule has 0 radical (unpaired) electrons. The molecule has 1 amide bonds. The molecule has 108 valence electrons. The molecule has 0 bridgehead atoms. The molecule has 0 saturated carbocycles. The number of hydrogen-bond acceptors (Lipinski definition) is 3. The summed E-state index contributed by atoms with van der Waals surface area (Å²) in [7, 11) is 0. The number of furan rings is 1. The molecule has 2 aromatic rings. The molecule has 4 nitrogen and oxygen atoms in total. The van der Waals surface area contributed by atoms with Crippen LogP contribution in [0.25, 0.3) is 0 Å². The summed E-state index contributed by atoms with van der Waals surface area (Å²) >= 11 is 0. The largest absolute Gasteiger partial charge is 0.468 e. The van der Waals surface area contributed by atoms with Crippen molar-refractivity contribution in [2.45, 2.75) is 24.8 Å². The highest BCUT2D eigenvalue weighted by Crippen LogP contribution is 2.44. The van der Waals surface area contributed by atoms with Gasteiger partial charge in [0, 0.05) is 5.69 Å². The van der Waals surface area contributed by atoms with Gasteiger partial charge in [-0.1, -0.05) is 18.2 Å². The van der Waals surface area contributed by atoms with Crippen molar-refractivity contribution in [1.29, 1.82) is 0 Å². The molecule has 1 spiro atoms. The smallest absolute Gasteiger partial charge is 0.235 e. The first kappa shape index (κ1) is 12.7. The Balaban J connectivity index is 1.53. The molecule has 0 unspecified atom stereocenters. The number of amides is 1. The molecule has 4 rings (SSSR count). The van der Waals surface area contributed by atoms with Gasteiger partial charge >= 0.3 is 0 Å². The lowest BCUT2D eigenvalue weighted by atomic mass is 9.73. The number of nitrogens with zero attached hydrogens (tertiary/aromatic N) is 1. The van der Waals surface area contributed by atoms with Crippen molar-refractivity contribution in [2.75, 3.05) is 18.4 Å². The van der Waals surface area contributed by atoms with E-state index in [1.165, 1.54) is 5.56 Å². The summed E-state index contributed by atoms with van der Waals surface area (Å²) in [6.45, 7) is 2.66. The molecular weight excluding hydrogens is 264 g/mol. The molecule has 0 atom stereocenters. The predicted molar refractivity (Wildman–Crippen MR) is 80.0 cm³/mol. The molecule has 3 heterocycles. The van der Waals surface area contributed by atoms with Crippen molar-refractivity contribution in [3.8, 4) is 0 Å². The topological polar surface area (TPSA) is 45.5 Å². The van der Waals surface area contributed by atoms with Gasteiger partial charge in [0.2, 0.25) is 5.91 Å². The van der Waals surface area contributed by atoms with Crippen molar-refractivity contribution in [1.82, 2.24) is 4.90 Å². The first-order valence-corrected chi connectivity index (χ1v) is 7.44. The van der Waals surface area contributed by atoms with Crippen molar-refractivity contribution in [3.63, 3.8) is 0 Å². The number of piperidine rings is 1. The minimum Gasteiger partial charge on any atom is -0.468 e. The van der Waals surface area contributed by atoms with Gasteiger partial charge in [0.25, 0.3) is 0 Å². The molecule has 0 aliphatic carbocycles. The number of rotatable bonds is 2. The van der Waals surface area contributed by atoms with Crippen LogP contribution in [-0.2, 0) is 16.8 Å². The van der Waals surface area contributed by atoms with E-state index in [2.05, 4.69) is 16.3 Å². The monoisotopic (exact) mass is 282 g/mol. The van der Waals surface area contributed by atoms with Crippen LogP contribution >= 0.6 is 0 Å². The molecule has 1 aromatic carbocycles. The summed E-state index contributed by atoms with van der Waals surface area (Å²) in [5.41, 5.74) is 1.84. The van der Waals surface area contributed by atoms with Crippen LogP contribution in [0.3, 0.4) is 0 Å². The molecule has 2 aliphatic heterocycles. The summed E-state index contributed by atoms with van der Waals surface area (Å²) < 4.78 is 5.41. The standard InChI is InChI=1S/C17H18N2O2/c20-16-17(14-5-1-2-6-15(14)18-16)7-9-19(10-8-17)12-13-4-3-11-21-13/h1-6,11H,7-10,12H2,(H,18,20). The summed E-state index contributed by atoms with van der Waals surface area (Å²) in [6, 6.07) is 12.0. The quantitative estimate of drug-likeness (QED) is 0.921. The lowest BCUT2D eigenvalue weighted by molar-refractivity contribution is -0.122. The minimum atomic E-state index is -0.323. The van der Waals surface area contributed by atoms with E-state index in [-0.39, 0.29) is 11.3 Å². The zero-order chi connectivity index (χ0) is 14.3. The fourth-order valence-corrected chi connectivity index (χ4v) is 3.59. The molecule has 1 N–H and O–H groups in total. The number of benzene rings is 1. The Morgan fingerprint density at radius 2 is 1.95 bits per heavy atom. The van der Waals surface area contributed by atoms with Crippen molar-refractivity contribution in [3.05, 3.63) is 54.0 Å². The summed E-state index contributed by atoms with van der Waals surface area (Å²) in [5.74, 6) is 1.16. The van der Waals surface area contributed by atoms with Gasteiger partial charge in [0.15, 0.2) is 0 Å². The Bertz CT molecular complexity index is 655. The number of nitrogens with one attached hydrogen (secondary N) is 1. The van der Waals surface area contributed by atoms with Gasteiger partial charge in [0.05, 0.1) is 18.2 Å². The number of anilines is 1. The molecule has 21 heavy (non-hydrogen) atoms. The number of carbonyl (C=O) groups is 1. The average molecular weight is 282 g/mol. The van der Waals surface area contributed by atoms with Crippen molar-refractivity contribution < 1.29 is 9.21 Å². The van der Waals surface area contributed by atoms with Crippen molar-refractivity contribution >= 4 is 11.6 Å².